The zero-order valence-corrected chi connectivity index (χ0v) is 18.1. The first-order chi connectivity index (χ1) is 15.6. The molecular weight excluding hydrogens is 408 g/mol. The number of piperidine rings is 1. The molecule has 1 aliphatic heterocycles. The molecule has 2 atom stereocenters. The van der Waals surface area contributed by atoms with Crippen molar-refractivity contribution in [2.24, 2.45) is 5.92 Å². The Bertz CT molecular complexity index is 1060. The lowest BCUT2D eigenvalue weighted by Gasteiger charge is -2.30. The molecule has 9 heteroatoms. The monoisotopic (exact) mass is 434 g/mol. The van der Waals surface area contributed by atoms with Gasteiger partial charge in [0.15, 0.2) is 11.6 Å². The van der Waals surface area contributed by atoms with Crippen molar-refractivity contribution in [3.63, 3.8) is 0 Å². The van der Waals surface area contributed by atoms with Crippen LogP contribution < -0.4 is 20.1 Å². The predicted octanol–water partition coefficient (Wildman–Crippen LogP) is 2.85. The van der Waals surface area contributed by atoms with Crippen LogP contribution in [-0.2, 0) is 0 Å². The number of nitrogens with zero attached hydrogens (tertiary/aromatic N) is 4. The standard InChI is InChI=1S/C23H26N6O3/c1-3-31-20-5-4-7-26-23(20)32-18-9-16(10-25-13-18)21-27-11-17(12-28-21)22(30)29-19-14-24-8-6-15(19)2/h4-5,7,9-13,15,19,24H,3,6,8,14H2,1-2H3,(H,29,30)/t15-,19-/m0/s1. The average molecular weight is 435 g/mol. The lowest BCUT2D eigenvalue weighted by atomic mass is 9.94. The molecule has 1 aliphatic rings. The van der Waals surface area contributed by atoms with Crippen molar-refractivity contribution in [2.75, 3.05) is 19.7 Å². The van der Waals surface area contributed by atoms with Crippen LogP contribution >= 0.6 is 0 Å². The van der Waals surface area contributed by atoms with Crippen LogP contribution in [0.1, 0.15) is 30.6 Å². The minimum Gasteiger partial charge on any atom is -0.488 e. The van der Waals surface area contributed by atoms with Gasteiger partial charge in [-0.1, -0.05) is 6.92 Å². The summed E-state index contributed by atoms with van der Waals surface area (Å²) in [5.74, 6) is 2.08. The Morgan fingerprint density at radius 2 is 2.06 bits per heavy atom. The van der Waals surface area contributed by atoms with E-state index in [-0.39, 0.29) is 11.9 Å². The van der Waals surface area contributed by atoms with Crippen LogP contribution in [0, 0.1) is 5.92 Å². The molecule has 0 radical (unpaired) electrons. The molecule has 0 bridgehead atoms. The summed E-state index contributed by atoms with van der Waals surface area (Å²) >= 11 is 0. The Kier molecular flexibility index (Phi) is 6.86. The highest BCUT2D eigenvalue weighted by Crippen LogP contribution is 2.30. The Morgan fingerprint density at radius 1 is 1.22 bits per heavy atom. The van der Waals surface area contributed by atoms with Gasteiger partial charge in [0.05, 0.1) is 18.4 Å². The first-order valence-electron chi connectivity index (χ1n) is 10.7. The van der Waals surface area contributed by atoms with Gasteiger partial charge in [-0.3, -0.25) is 9.78 Å². The Morgan fingerprint density at radius 3 is 2.84 bits per heavy atom. The smallest absolute Gasteiger partial charge is 0.262 e. The van der Waals surface area contributed by atoms with E-state index in [1.165, 1.54) is 12.4 Å². The highest BCUT2D eigenvalue weighted by Gasteiger charge is 2.23. The predicted molar refractivity (Wildman–Crippen MR) is 119 cm³/mol. The number of hydrogen-bond acceptors (Lipinski definition) is 8. The van der Waals surface area contributed by atoms with Gasteiger partial charge in [-0.05, 0) is 44.0 Å². The topological polar surface area (TPSA) is 111 Å². The molecule has 0 spiro atoms. The van der Waals surface area contributed by atoms with Crippen LogP contribution in [0.5, 0.6) is 17.4 Å². The fraction of sp³-hybridized carbons (Fsp3) is 0.348. The molecule has 4 heterocycles. The van der Waals surface area contributed by atoms with Crippen molar-refractivity contribution in [2.45, 2.75) is 26.3 Å². The number of carbonyl (C=O) groups is 1. The molecule has 2 N–H and O–H groups in total. The molecule has 1 fully saturated rings. The van der Waals surface area contributed by atoms with Crippen molar-refractivity contribution in [3.05, 3.63) is 54.7 Å². The molecular formula is C23H26N6O3. The summed E-state index contributed by atoms with van der Waals surface area (Å²) in [5.41, 5.74) is 1.08. The second kappa shape index (κ2) is 10.1. The van der Waals surface area contributed by atoms with Crippen molar-refractivity contribution in [1.82, 2.24) is 30.6 Å². The summed E-state index contributed by atoms with van der Waals surface area (Å²) < 4.78 is 11.4. The molecule has 0 aliphatic carbocycles. The zero-order valence-electron chi connectivity index (χ0n) is 18.1. The third-order valence-electron chi connectivity index (χ3n) is 5.28. The fourth-order valence-electron chi connectivity index (χ4n) is 3.46. The summed E-state index contributed by atoms with van der Waals surface area (Å²) in [6.45, 7) is 6.30. The summed E-state index contributed by atoms with van der Waals surface area (Å²) in [5, 5.41) is 6.37. The summed E-state index contributed by atoms with van der Waals surface area (Å²) in [4.78, 5) is 29.7. The number of amides is 1. The lowest BCUT2D eigenvalue weighted by Crippen LogP contribution is -2.50. The third-order valence-corrected chi connectivity index (χ3v) is 5.28. The maximum absolute atomic E-state index is 12.6. The van der Waals surface area contributed by atoms with Crippen molar-refractivity contribution < 1.29 is 14.3 Å². The molecule has 9 nitrogen and oxygen atoms in total. The zero-order chi connectivity index (χ0) is 22.3. The maximum atomic E-state index is 12.6. The molecule has 32 heavy (non-hydrogen) atoms. The Balaban J connectivity index is 1.46. The van der Waals surface area contributed by atoms with Crippen LogP contribution in [0.4, 0.5) is 0 Å². The van der Waals surface area contributed by atoms with E-state index in [4.69, 9.17) is 9.47 Å². The molecule has 0 aromatic carbocycles. The number of pyridine rings is 2. The van der Waals surface area contributed by atoms with Crippen LogP contribution in [0.2, 0.25) is 0 Å². The number of ether oxygens (including phenoxy) is 2. The molecule has 3 aromatic heterocycles. The van der Waals surface area contributed by atoms with E-state index in [0.717, 1.165) is 19.5 Å². The molecule has 0 saturated carbocycles. The van der Waals surface area contributed by atoms with Gasteiger partial charge in [-0.2, -0.15) is 0 Å². The molecule has 4 rings (SSSR count). The first kappa shape index (κ1) is 21.6. The van der Waals surface area contributed by atoms with Gasteiger partial charge >= 0.3 is 0 Å². The van der Waals surface area contributed by atoms with E-state index in [1.54, 1.807) is 36.8 Å². The van der Waals surface area contributed by atoms with Crippen LogP contribution in [0.15, 0.2) is 49.2 Å². The van der Waals surface area contributed by atoms with Crippen LogP contribution in [-0.4, -0.2) is 51.6 Å². The minimum atomic E-state index is -0.175. The highest BCUT2D eigenvalue weighted by molar-refractivity contribution is 5.94. The second-order valence-corrected chi connectivity index (χ2v) is 7.60. The number of carbonyl (C=O) groups excluding carboxylic acids is 1. The van der Waals surface area contributed by atoms with Gasteiger partial charge in [0.25, 0.3) is 11.8 Å². The number of aromatic nitrogens is 4. The van der Waals surface area contributed by atoms with Crippen LogP contribution in [0.25, 0.3) is 11.4 Å². The van der Waals surface area contributed by atoms with E-state index in [2.05, 4.69) is 37.5 Å². The second-order valence-electron chi connectivity index (χ2n) is 7.60. The number of hydrogen-bond donors (Lipinski definition) is 2. The average Bonchev–Trinajstić information content (AvgIpc) is 2.82. The van der Waals surface area contributed by atoms with E-state index in [1.807, 2.05) is 6.92 Å². The van der Waals surface area contributed by atoms with Gasteiger partial charge in [-0.25, -0.2) is 15.0 Å². The van der Waals surface area contributed by atoms with Crippen molar-refractivity contribution in [1.29, 1.82) is 0 Å². The summed E-state index contributed by atoms with van der Waals surface area (Å²) in [6.07, 6.45) is 8.94. The van der Waals surface area contributed by atoms with Crippen LogP contribution in [0.3, 0.4) is 0 Å². The highest BCUT2D eigenvalue weighted by atomic mass is 16.5. The SMILES string of the molecule is CCOc1cccnc1Oc1cncc(-c2ncc(C(=O)N[C@H]3CNCC[C@@H]3C)cn2)c1. The molecule has 166 valence electrons. The number of rotatable bonds is 7. The van der Waals surface area contributed by atoms with Gasteiger partial charge in [0, 0.05) is 42.9 Å². The van der Waals surface area contributed by atoms with Crippen molar-refractivity contribution >= 4 is 5.91 Å². The van der Waals surface area contributed by atoms with E-state index in [9.17, 15) is 4.79 Å². The molecule has 0 unspecified atom stereocenters. The van der Waals surface area contributed by atoms with Crippen molar-refractivity contribution in [3.8, 4) is 28.8 Å². The van der Waals surface area contributed by atoms with Gasteiger partial charge in [0.2, 0.25) is 0 Å². The molecule has 1 amide bonds. The Labute approximate surface area is 186 Å². The maximum Gasteiger partial charge on any atom is 0.262 e. The van der Waals surface area contributed by atoms with E-state index in [0.29, 0.717) is 46.9 Å². The van der Waals surface area contributed by atoms with E-state index < -0.39 is 0 Å². The third kappa shape index (κ3) is 5.17. The largest absolute Gasteiger partial charge is 0.488 e. The molecule has 3 aromatic rings. The quantitative estimate of drug-likeness (QED) is 0.584. The molecule has 1 saturated heterocycles. The van der Waals surface area contributed by atoms with Gasteiger partial charge < -0.3 is 20.1 Å². The first-order valence-corrected chi connectivity index (χ1v) is 10.7. The lowest BCUT2D eigenvalue weighted by molar-refractivity contribution is 0.0914. The minimum absolute atomic E-state index is 0.0992. The van der Waals surface area contributed by atoms with Gasteiger partial charge in [-0.15, -0.1) is 0 Å². The van der Waals surface area contributed by atoms with E-state index >= 15 is 0 Å². The normalized spacial score (nSPS) is 18.1. The number of nitrogens with one attached hydrogen (secondary N) is 2. The summed E-state index contributed by atoms with van der Waals surface area (Å²) in [7, 11) is 0. The Hall–Kier alpha value is -3.59. The fourth-order valence-corrected chi connectivity index (χ4v) is 3.46. The van der Waals surface area contributed by atoms with Gasteiger partial charge in [0.1, 0.15) is 5.75 Å². The summed E-state index contributed by atoms with van der Waals surface area (Å²) in [6, 6.07) is 5.44.